The second-order valence-corrected chi connectivity index (χ2v) is 4.39. The number of hydrogen-bond acceptors (Lipinski definition) is 2. The highest BCUT2D eigenvalue weighted by Gasteiger charge is 2.33. The molecule has 0 saturated heterocycles. The molecule has 18 heavy (non-hydrogen) atoms. The Hall–Kier alpha value is -1.14. The summed E-state index contributed by atoms with van der Waals surface area (Å²) < 4.78 is 50.2. The smallest absolute Gasteiger partial charge is 0.326 e. The number of nitrogens with zero attached hydrogens (tertiary/aromatic N) is 1. The van der Waals surface area contributed by atoms with Gasteiger partial charge >= 0.3 is 6.18 Å². The van der Waals surface area contributed by atoms with Gasteiger partial charge in [0.1, 0.15) is 5.82 Å². The first-order chi connectivity index (χ1) is 8.20. The van der Waals surface area contributed by atoms with Crippen molar-refractivity contribution in [2.45, 2.75) is 25.2 Å². The normalized spacial score (nSPS) is 15.8. The maximum absolute atomic E-state index is 13.1. The number of hydrogen-bond donors (Lipinski definition) is 1. The molecule has 0 saturated carbocycles. The van der Waals surface area contributed by atoms with Crippen LogP contribution in [-0.4, -0.2) is 30.7 Å². The Labute approximate surface area is 103 Å². The molecule has 0 spiro atoms. The molecule has 1 rings (SSSR count). The van der Waals surface area contributed by atoms with Gasteiger partial charge in [-0.1, -0.05) is 12.1 Å². The van der Waals surface area contributed by atoms with Gasteiger partial charge < -0.3 is 5.73 Å². The Kier molecular flexibility index (Phi) is 4.70. The average molecular weight is 264 g/mol. The summed E-state index contributed by atoms with van der Waals surface area (Å²) in [6, 6.07) is 4.26. The highest BCUT2D eigenvalue weighted by atomic mass is 19.4. The van der Waals surface area contributed by atoms with E-state index in [-0.39, 0.29) is 0 Å². The van der Waals surface area contributed by atoms with Crippen LogP contribution in [0.25, 0.3) is 0 Å². The summed E-state index contributed by atoms with van der Waals surface area (Å²) in [4.78, 5) is 1.08. The van der Waals surface area contributed by atoms with Crippen LogP contribution >= 0.6 is 0 Å². The molecule has 0 aliphatic rings. The van der Waals surface area contributed by atoms with E-state index in [9.17, 15) is 17.6 Å². The van der Waals surface area contributed by atoms with Crippen LogP contribution in [0.3, 0.4) is 0 Å². The standard InChI is InChI=1S/C12H16F4N2/c1-8(17)11(18(2)7-12(14,15)16)9-4-3-5-10(13)6-9/h3-6,8,11H,7,17H2,1-2H3. The van der Waals surface area contributed by atoms with E-state index in [1.807, 2.05) is 0 Å². The van der Waals surface area contributed by atoms with E-state index in [0.29, 0.717) is 5.56 Å². The number of halogens is 4. The van der Waals surface area contributed by atoms with E-state index in [4.69, 9.17) is 5.73 Å². The molecule has 1 aromatic carbocycles. The van der Waals surface area contributed by atoms with Crippen LogP contribution in [0.5, 0.6) is 0 Å². The van der Waals surface area contributed by atoms with Crippen molar-refractivity contribution < 1.29 is 17.6 Å². The number of nitrogens with two attached hydrogens (primary N) is 1. The van der Waals surface area contributed by atoms with E-state index >= 15 is 0 Å². The number of benzene rings is 1. The lowest BCUT2D eigenvalue weighted by molar-refractivity contribution is -0.148. The highest BCUT2D eigenvalue weighted by Crippen LogP contribution is 2.26. The quantitative estimate of drug-likeness (QED) is 0.847. The van der Waals surface area contributed by atoms with Crippen LogP contribution in [0.2, 0.25) is 0 Å². The van der Waals surface area contributed by atoms with Gasteiger partial charge in [0.15, 0.2) is 0 Å². The Morgan fingerprint density at radius 1 is 1.33 bits per heavy atom. The Morgan fingerprint density at radius 2 is 1.94 bits per heavy atom. The van der Waals surface area contributed by atoms with E-state index in [2.05, 4.69) is 0 Å². The van der Waals surface area contributed by atoms with Gasteiger partial charge in [-0.3, -0.25) is 4.90 Å². The van der Waals surface area contributed by atoms with Crippen molar-refractivity contribution in [2.24, 2.45) is 5.73 Å². The average Bonchev–Trinajstić information content (AvgIpc) is 2.13. The van der Waals surface area contributed by atoms with Crippen molar-refractivity contribution in [1.82, 2.24) is 4.90 Å². The molecule has 102 valence electrons. The number of likely N-dealkylation sites (N-methyl/N-ethyl adjacent to an activating group) is 1. The van der Waals surface area contributed by atoms with E-state index in [1.165, 1.54) is 25.2 Å². The molecule has 2 nitrogen and oxygen atoms in total. The molecule has 2 N–H and O–H groups in total. The molecular weight excluding hydrogens is 248 g/mol. The molecule has 0 aromatic heterocycles. The summed E-state index contributed by atoms with van der Waals surface area (Å²) in [6.45, 7) is 0.512. The van der Waals surface area contributed by atoms with Gasteiger partial charge in [0.05, 0.1) is 6.54 Å². The van der Waals surface area contributed by atoms with Crippen LogP contribution in [0.15, 0.2) is 24.3 Å². The molecule has 0 bridgehead atoms. The van der Waals surface area contributed by atoms with E-state index < -0.39 is 30.6 Å². The van der Waals surface area contributed by atoms with Crippen LogP contribution in [0, 0.1) is 5.82 Å². The van der Waals surface area contributed by atoms with Crippen LogP contribution < -0.4 is 5.73 Å². The van der Waals surface area contributed by atoms with Crippen molar-refractivity contribution in [3.8, 4) is 0 Å². The number of rotatable bonds is 4. The van der Waals surface area contributed by atoms with Crippen LogP contribution in [0.1, 0.15) is 18.5 Å². The predicted molar refractivity (Wildman–Crippen MR) is 61.5 cm³/mol. The zero-order valence-corrected chi connectivity index (χ0v) is 10.2. The fourth-order valence-electron chi connectivity index (χ4n) is 2.03. The first kappa shape index (κ1) is 14.9. The van der Waals surface area contributed by atoms with Crippen molar-refractivity contribution in [3.63, 3.8) is 0 Å². The summed E-state index contributed by atoms with van der Waals surface area (Å²) in [6.07, 6.45) is -4.31. The van der Waals surface area contributed by atoms with E-state index in [1.54, 1.807) is 13.0 Å². The van der Waals surface area contributed by atoms with Gasteiger partial charge in [-0.15, -0.1) is 0 Å². The largest absolute Gasteiger partial charge is 0.401 e. The molecule has 0 aliphatic heterocycles. The zero-order valence-electron chi connectivity index (χ0n) is 10.2. The Morgan fingerprint density at radius 3 is 2.39 bits per heavy atom. The topological polar surface area (TPSA) is 29.3 Å². The van der Waals surface area contributed by atoms with Crippen LogP contribution in [-0.2, 0) is 0 Å². The van der Waals surface area contributed by atoms with Gasteiger partial charge in [-0.2, -0.15) is 13.2 Å². The molecule has 2 atom stereocenters. The Balaban J connectivity index is 2.96. The van der Waals surface area contributed by atoms with Gasteiger partial charge in [0.25, 0.3) is 0 Å². The third kappa shape index (κ3) is 4.27. The van der Waals surface area contributed by atoms with E-state index in [0.717, 1.165) is 4.90 Å². The third-order valence-electron chi connectivity index (χ3n) is 2.59. The number of alkyl halides is 3. The summed E-state index contributed by atoms with van der Waals surface area (Å²) in [5.74, 6) is -0.487. The Bertz CT molecular complexity index is 390. The van der Waals surface area contributed by atoms with Crippen LogP contribution in [0.4, 0.5) is 17.6 Å². The predicted octanol–water partition coefficient (Wildman–Crippen LogP) is 2.71. The molecule has 0 amide bonds. The highest BCUT2D eigenvalue weighted by molar-refractivity contribution is 5.21. The lowest BCUT2D eigenvalue weighted by Crippen LogP contribution is -2.41. The van der Waals surface area contributed by atoms with Gasteiger partial charge in [0.2, 0.25) is 0 Å². The minimum Gasteiger partial charge on any atom is -0.326 e. The lowest BCUT2D eigenvalue weighted by Gasteiger charge is -2.32. The fraction of sp³-hybridized carbons (Fsp3) is 0.500. The monoisotopic (exact) mass is 264 g/mol. The summed E-state index contributed by atoms with van der Waals surface area (Å²) >= 11 is 0. The first-order valence-corrected chi connectivity index (χ1v) is 5.49. The zero-order chi connectivity index (χ0) is 13.9. The van der Waals surface area contributed by atoms with Gasteiger partial charge in [0, 0.05) is 12.1 Å². The van der Waals surface area contributed by atoms with Crippen molar-refractivity contribution in [3.05, 3.63) is 35.6 Å². The molecule has 0 fully saturated rings. The maximum Gasteiger partial charge on any atom is 0.401 e. The van der Waals surface area contributed by atoms with Crippen molar-refractivity contribution in [1.29, 1.82) is 0 Å². The SMILES string of the molecule is CC(N)C(c1cccc(F)c1)N(C)CC(F)(F)F. The second-order valence-electron chi connectivity index (χ2n) is 4.39. The lowest BCUT2D eigenvalue weighted by atomic mass is 9.99. The molecule has 0 radical (unpaired) electrons. The third-order valence-corrected chi connectivity index (χ3v) is 2.59. The van der Waals surface area contributed by atoms with Gasteiger partial charge in [-0.05, 0) is 31.7 Å². The molecule has 0 aliphatic carbocycles. The van der Waals surface area contributed by atoms with Gasteiger partial charge in [-0.25, -0.2) is 4.39 Å². The molecule has 6 heteroatoms. The molecular formula is C12H16F4N2. The van der Waals surface area contributed by atoms with Crippen molar-refractivity contribution >= 4 is 0 Å². The summed E-state index contributed by atoms with van der Waals surface area (Å²) in [5.41, 5.74) is 6.15. The van der Waals surface area contributed by atoms with Crippen molar-refractivity contribution in [2.75, 3.05) is 13.6 Å². The maximum atomic E-state index is 13.1. The minimum absolute atomic E-state index is 0.441. The minimum atomic E-state index is -4.31. The summed E-state index contributed by atoms with van der Waals surface area (Å²) in [5, 5.41) is 0. The molecule has 0 heterocycles. The second kappa shape index (κ2) is 5.67. The molecule has 2 unspecified atom stereocenters. The fourth-order valence-corrected chi connectivity index (χ4v) is 2.03. The summed E-state index contributed by atoms with van der Waals surface area (Å²) in [7, 11) is 1.33. The first-order valence-electron chi connectivity index (χ1n) is 5.49. The molecule has 1 aromatic rings.